The fraction of sp³-hybridized carbons (Fsp3) is 0.136. The van der Waals surface area contributed by atoms with Gasteiger partial charge in [0, 0.05) is 37.6 Å². The average Bonchev–Trinajstić information content (AvgIpc) is 3.21. The number of H-pyrrole nitrogens is 2. The Bertz CT molecular complexity index is 1330. The molecule has 0 saturated heterocycles. The predicted octanol–water partition coefficient (Wildman–Crippen LogP) is 1.13. The van der Waals surface area contributed by atoms with Crippen LogP contribution in [0.1, 0.15) is 32.0 Å². The zero-order chi connectivity index (χ0) is 22.5. The molecule has 4 aromatic rings. The summed E-state index contributed by atoms with van der Waals surface area (Å²) in [4.78, 5) is 50.7. The lowest BCUT2D eigenvalue weighted by molar-refractivity contribution is 0.0918. The van der Waals surface area contributed by atoms with Gasteiger partial charge in [0.15, 0.2) is 0 Å². The van der Waals surface area contributed by atoms with E-state index < -0.39 is 0 Å². The van der Waals surface area contributed by atoms with Gasteiger partial charge in [-0.1, -0.05) is 12.1 Å². The number of hydrogen-bond donors (Lipinski definition) is 5. The molecule has 10 heteroatoms. The number of hydrogen-bond acceptors (Lipinski definition) is 6. The molecule has 1 aromatic carbocycles. The standard InChI is InChI=1S/C22H21N7O3/c23-22-28-18-17(21(32)29-22)11-14(27-18)7-10-25-19(30)15-3-1-2-4-16(15)20(31)26-12-13-5-8-24-9-6-13/h1-6,8-9,11H,7,10,12H2,(H,25,30)(H,26,31)(H4,23,27,28,29,32). The predicted molar refractivity (Wildman–Crippen MR) is 119 cm³/mol. The second-order valence-electron chi connectivity index (χ2n) is 7.10. The SMILES string of the molecule is Nc1nc2[nH]c(CCNC(=O)c3ccccc3C(=O)NCc3ccncc3)cc2c(=O)[nH]1. The number of nitrogens with two attached hydrogens (primary N) is 1. The molecule has 162 valence electrons. The summed E-state index contributed by atoms with van der Waals surface area (Å²) in [5.74, 6) is -0.676. The Morgan fingerprint density at radius 1 is 0.969 bits per heavy atom. The number of rotatable bonds is 7. The molecule has 0 aliphatic rings. The number of anilines is 1. The van der Waals surface area contributed by atoms with E-state index in [0.717, 1.165) is 11.3 Å². The van der Waals surface area contributed by atoms with Gasteiger partial charge in [0.05, 0.1) is 16.5 Å². The fourth-order valence-corrected chi connectivity index (χ4v) is 3.29. The first-order valence-corrected chi connectivity index (χ1v) is 9.93. The monoisotopic (exact) mass is 431 g/mol. The van der Waals surface area contributed by atoms with Crippen molar-refractivity contribution in [2.45, 2.75) is 13.0 Å². The Morgan fingerprint density at radius 3 is 2.38 bits per heavy atom. The van der Waals surface area contributed by atoms with Crippen LogP contribution in [0.4, 0.5) is 5.95 Å². The van der Waals surface area contributed by atoms with Gasteiger partial charge in [0.25, 0.3) is 17.4 Å². The van der Waals surface area contributed by atoms with Crippen LogP contribution < -0.4 is 21.9 Å². The highest BCUT2D eigenvalue weighted by molar-refractivity contribution is 6.07. The number of fused-ring (bicyclic) bond motifs is 1. The van der Waals surface area contributed by atoms with Crippen LogP contribution in [-0.2, 0) is 13.0 Å². The summed E-state index contributed by atoms with van der Waals surface area (Å²) < 4.78 is 0. The summed E-state index contributed by atoms with van der Waals surface area (Å²) >= 11 is 0. The fourth-order valence-electron chi connectivity index (χ4n) is 3.29. The van der Waals surface area contributed by atoms with Gasteiger partial charge in [-0.3, -0.25) is 24.4 Å². The maximum Gasteiger partial charge on any atom is 0.261 e. The molecule has 0 saturated carbocycles. The third kappa shape index (κ3) is 4.64. The van der Waals surface area contributed by atoms with E-state index in [-0.39, 0.29) is 34.4 Å². The third-order valence-corrected chi connectivity index (χ3v) is 4.87. The maximum atomic E-state index is 12.7. The van der Waals surface area contributed by atoms with Crippen molar-refractivity contribution in [2.24, 2.45) is 0 Å². The molecule has 0 aliphatic carbocycles. The van der Waals surface area contributed by atoms with E-state index in [1.165, 1.54) is 0 Å². The van der Waals surface area contributed by atoms with Crippen molar-refractivity contribution >= 4 is 28.8 Å². The molecule has 0 radical (unpaired) electrons. The molecule has 3 aromatic heterocycles. The number of amides is 2. The molecule has 2 amide bonds. The van der Waals surface area contributed by atoms with Gasteiger partial charge < -0.3 is 21.4 Å². The van der Waals surface area contributed by atoms with Crippen molar-refractivity contribution in [1.29, 1.82) is 0 Å². The van der Waals surface area contributed by atoms with E-state index in [0.29, 0.717) is 30.5 Å². The number of nitrogen functional groups attached to an aromatic ring is 1. The van der Waals surface area contributed by atoms with Crippen LogP contribution in [0.25, 0.3) is 11.0 Å². The number of nitrogens with zero attached hydrogens (tertiary/aromatic N) is 2. The largest absolute Gasteiger partial charge is 0.369 e. The van der Waals surface area contributed by atoms with Gasteiger partial charge in [0.1, 0.15) is 5.65 Å². The molecule has 0 spiro atoms. The molecule has 3 heterocycles. The summed E-state index contributed by atoms with van der Waals surface area (Å²) in [6.07, 6.45) is 3.74. The van der Waals surface area contributed by atoms with E-state index in [9.17, 15) is 14.4 Å². The molecular formula is C22H21N7O3. The van der Waals surface area contributed by atoms with Gasteiger partial charge in [-0.05, 0) is 35.9 Å². The van der Waals surface area contributed by atoms with E-state index in [2.05, 4.69) is 30.6 Å². The van der Waals surface area contributed by atoms with Crippen LogP contribution in [0.3, 0.4) is 0 Å². The number of carbonyl (C=O) groups excluding carboxylic acids is 2. The van der Waals surface area contributed by atoms with E-state index in [1.807, 2.05) is 0 Å². The minimum atomic E-state index is -0.365. The van der Waals surface area contributed by atoms with Crippen molar-refractivity contribution in [2.75, 3.05) is 12.3 Å². The van der Waals surface area contributed by atoms with E-state index >= 15 is 0 Å². The van der Waals surface area contributed by atoms with Crippen molar-refractivity contribution < 1.29 is 9.59 Å². The van der Waals surface area contributed by atoms with E-state index in [4.69, 9.17) is 5.73 Å². The Morgan fingerprint density at radius 2 is 1.66 bits per heavy atom. The molecule has 0 aliphatic heterocycles. The van der Waals surface area contributed by atoms with Crippen LogP contribution >= 0.6 is 0 Å². The van der Waals surface area contributed by atoms with Gasteiger partial charge in [-0.25, -0.2) is 0 Å². The zero-order valence-corrected chi connectivity index (χ0v) is 17.0. The van der Waals surface area contributed by atoms with Crippen LogP contribution in [0, 0.1) is 0 Å². The highest BCUT2D eigenvalue weighted by atomic mass is 16.2. The van der Waals surface area contributed by atoms with Gasteiger partial charge >= 0.3 is 0 Å². The topological polar surface area (TPSA) is 159 Å². The molecular weight excluding hydrogens is 410 g/mol. The van der Waals surface area contributed by atoms with Crippen molar-refractivity contribution in [3.05, 3.63) is 87.6 Å². The Balaban J connectivity index is 1.39. The summed E-state index contributed by atoms with van der Waals surface area (Å²) in [6.45, 7) is 0.626. The molecule has 6 N–H and O–H groups in total. The number of aromatic amines is 2. The summed E-state index contributed by atoms with van der Waals surface area (Å²) in [5, 5.41) is 6.02. The number of pyridine rings is 1. The summed E-state index contributed by atoms with van der Waals surface area (Å²) in [7, 11) is 0. The van der Waals surface area contributed by atoms with Gasteiger partial charge in [-0.2, -0.15) is 4.98 Å². The lowest BCUT2D eigenvalue weighted by Crippen LogP contribution is -2.30. The van der Waals surface area contributed by atoms with Crippen molar-refractivity contribution in [3.8, 4) is 0 Å². The zero-order valence-electron chi connectivity index (χ0n) is 17.0. The van der Waals surface area contributed by atoms with Crippen LogP contribution in [0.5, 0.6) is 0 Å². The smallest absolute Gasteiger partial charge is 0.261 e. The minimum Gasteiger partial charge on any atom is -0.369 e. The second-order valence-corrected chi connectivity index (χ2v) is 7.10. The number of carbonyl (C=O) groups is 2. The lowest BCUT2D eigenvalue weighted by atomic mass is 10.1. The number of benzene rings is 1. The van der Waals surface area contributed by atoms with Crippen LogP contribution in [0.2, 0.25) is 0 Å². The summed E-state index contributed by atoms with van der Waals surface area (Å²) in [5.41, 5.74) is 7.82. The summed E-state index contributed by atoms with van der Waals surface area (Å²) in [6, 6.07) is 11.9. The Kier molecular flexibility index (Phi) is 5.93. The first-order valence-electron chi connectivity index (χ1n) is 9.93. The van der Waals surface area contributed by atoms with Gasteiger partial charge in [-0.15, -0.1) is 0 Å². The molecule has 0 bridgehead atoms. The molecule has 0 fully saturated rings. The normalized spacial score (nSPS) is 10.8. The molecule has 0 unspecified atom stereocenters. The van der Waals surface area contributed by atoms with E-state index in [1.54, 1.807) is 54.9 Å². The highest BCUT2D eigenvalue weighted by Gasteiger charge is 2.16. The first kappa shape index (κ1) is 20.8. The quantitative estimate of drug-likeness (QED) is 0.295. The van der Waals surface area contributed by atoms with Crippen LogP contribution in [0.15, 0.2) is 59.7 Å². The first-order chi connectivity index (χ1) is 15.5. The van der Waals surface area contributed by atoms with Crippen molar-refractivity contribution in [3.63, 3.8) is 0 Å². The lowest BCUT2D eigenvalue weighted by Gasteiger charge is -2.10. The molecule has 0 atom stereocenters. The Hall–Kier alpha value is -4.47. The number of nitrogens with one attached hydrogen (secondary N) is 4. The third-order valence-electron chi connectivity index (χ3n) is 4.87. The molecule has 32 heavy (non-hydrogen) atoms. The molecule has 4 rings (SSSR count). The van der Waals surface area contributed by atoms with Crippen LogP contribution in [-0.4, -0.2) is 38.3 Å². The van der Waals surface area contributed by atoms with Crippen molar-refractivity contribution in [1.82, 2.24) is 30.6 Å². The Labute approximate surface area is 182 Å². The minimum absolute atomic E-state index is 0.0306. The van der Waals surface area contributed by atoms with Gasteiger partial charge in [0.2, 0.25) is 5.95 Å². The average molecular weight is 431 g/mol. The number of aromatic nitrogens is 4. The maximum absolute atomic E-state index is 12.7. The molecule has 10 nitrogen and oxygen atoms in total. The highest BCUT2D eigenvalue weighted by Crippen LogP contribution is 2.11. The second kappa shape index (κ2) is 9.13.